The summed E-state index contributed by atoms with van der Waals surface area (Å²) in [6.07, 6.45) is 1.40. The van der Waals surface area contributed by atoms with Crippen LogP contribution in [0.3, 0.4) is 0 Å². The fraction of sp³-hybridized carbons (Fsp3) is 0.273. The molecular weight excluding hydrogens is 382 g/mol. The smallest absolute Gasteiger partial charge is 0.336 e. The van der Waals surface area contributed by atoms with Gasteiger partial charge in [0.2, 0.25) is 0 Å². The fourth-order valence-corrected chi connectivity index (χ4v) is 4.00. The van der Waals surface area contributed by atoms with Crippen LogP contribution >= 0.6 is 0 Å². The van der Waals surface area contributed by atoms with Gasteiger partial charge >= 0.3 is 5.97 Å². The molecule has 1 aliphatic heterocycles. The Morgan fingerprint density at radius 2 is 1.93 bits per heavy atom. The molecule has 0 amide bonds. The van der Waals surface area contributed by atoms with Gasteiger partial charge in [-0.25, -0.2) is 9.78 Å². The number of nitrogens with one attached hydrogen (secondary N) is 1. The molecule has 1 aliphatic rings. The number of aromatic nitrogens is 3. The predicted octanol–water partition coefficient (Wildman–Crippen LogP) is 2.71. The molecule has 4 rings (SSSR count). The van der Waals surface area contributed by atoms with E-state index >= 15 is 0 Å². The standard InChI is InChI=1S/C22H23N5O3/c1-26(2)11-13-7-9-14(10-8-13)19-18(21-23-12-24-27(21)3)20(28)17-15(22(29)30)5-4-6-16(17)25-19/h4-10,12,18-19,25H,11H2,1-3H3,(H,29,30). The summed E-state index contributed by atoms with van der Waals surface area (Å²) in [6.45, 7) is 0.814. The fourth-order valence-electron chi connectivity index (χ4n) is 4.00. The van der Waals surface area contributed by atoms with Crippen molar-refractivity contribution in [3.63, 3.8) is 0 Å². The summed E-state index contributed by atoms with van der Waals surface area (Å²) < 4.78 is 1.56. The van der Waals surface area contributed by atoms with Crippen molar-refractivity contribution in [2.24, 2.45) is 7.05 Å². The van der Waals surface area contributed by atoms with Gasteiger partial charge in [-0.2, -0.15) is 5.10 Å². The maximum Gasteiger partial charge on any atom is 0.336 e. The zero-order valence-corrected chi connectivity index (χ0v) is 17.0. The van der Waals surface area contributed by atoms with E-state index in [9.17, 15) is 14.7 Å². The molecule has 0 spiro atoms. The number of fused-ring (bicyclic) bond motifs is 1. The number of carboxylic acid groups (broad SMARTS) is 1. The number of hydrogen-bond acceptors (Lipinski definition) is 6. The number of anilines is 1. The van der Waals surface area contributed by atoms with Crippen LogP contribution in [-0.4, -0.2) is 50.6 Å². The van der Waals surface area contributed by atoms with E-state index in [1.165, 1.54) is 12.4 Å². The lowest BCUT2D eigenvalue weighted by atomic mass is 9.80. The third-order valence-electron chi connectivity index (χ3n) is 5.33. The summed E-state index contributed by atoms with van der Waals surface area (Å²) >= 11 is 0. The van der Waals surface area contributed by atoms with Crippen LogP contribution in [0.15, 0.2) is 48.8 Å². The highest BCUT2D eigenvalue weighted by Gasteiger charge is 2.41. The van der Waals surface area contributed by atoms with Crippen LogP contribution in [0.1, 0.15) is 49.6 Å². The van der Waals surface area contributed by atoms with E-state index in [2.05, 4.69) is 20.3 Å². The lowest BCUT2D eigenvalue weighted by Gasteiger charge is -2.34. The second-order valence-corrected chi connectivity index (χ2v) is 7.72. The van der Waals surface area contributed by atoms with E-state index < -0.39 is 17.9 Å². The Bertz CT molecular complexity index is 1100. The lowest BCUT2D eigenvalue weighted by molar-refractivity contribution is 0.0690. The maximum atomic E-state index is 13.6. The number of nitrogens with zero attached hydrogens (tertiary/aromatic N) is 4. The number of benzene rings is 2. The molecule has 2 aromatic carbocycles. The quantitative estimate of drug-likeness (QED) is 0.673. The Hall–Kier alpha value is -3.52. The van der Waals surface area contributed by atoms with Gasteiger partial charge in [-0.05, 0) is 37.4 Å². The van der Waals surface area contributed by atoms with E-state index in [0.717, 1.165) is 17.7 Å². The average molecular weight is 405 g/mol. The molecule has 8 heteroatoms. The zero-order valence-electron chi connectivity index (χ0n) is 17.0. The molecule has 2 unspecified atom stereocenters. The Kier molecular flexibility index (Phi) is 5.09. The van der Waals surface area contributed by atoms with E-state index in [-0.39, 0.29) is 16.9 Å². The molecule has 1 aromatic heterocycles. The SMILES string of the molecule is CN(C)Cc1ccc(C2Nc3cccc(C(=O)O)c3C(=O)C2c2ncnn2C)cc1. The normalized spacial score (nSPS) is 18.2. The number of carboxylic acids is 1. The van der Waals surface area contributed by atoms with Crippen LogP contribution in [-0.2, 0) is 13.6 Å². The Balaban J connectivity index is 1.83. The van der Waals surface area contributed by atoms with Crippen LogP contribution in [0.4, 0.5) is 5.69 Å². The second kappa shape index (κ2) is 7.72. The van der Waals surface area contributed by atoms with Gasteiger partial charge in [-0.15, -0.1) is 0 Å². The minimum absolute atomic E-state index is 0.0167. The predicted molar refractivity (Wildman–Crippen MR) is 112 cm³/mol. The number of ketones is 1. The van der Waals surface area contributed by atoms with Crippen molar-refractivity contribution in [2.75, 3.05) is 19.4 Å². The van der Waals surface area contributed by atoms with Gasteiger partial charge < -0.3 is 15.3 Å². The zero-order chi connectivity index (χ0) is 21.4. The summed E-state index contributed by atoms with van der Waals surface area (Å²) in [7, 11) is 5.75. The molecule has 8 nitrogen and oxygen atoms in total. The van der Waals surface area contributed by atoms with Crippen molar-refractivity contribution in [2.45, 2.75) is 18.5 Å². The maximum absolute atomic E-state index is 13.6. The first kappa shape index (κ1) is 19.8. The summed E-state index contributed by atoms with van der Waals surface area (Å²) in [5.74, 6) is -1.63. The lowest BCUT2D eigenvalue weighted by Crippen LogP contribution is -2.34. The summed E-state index contributed by atoms with van der Waals surface area (Å²) in [5, 5.41) is 17.1. The Morgan fingerprint density at radius 3 is 2.53 bits per heavy atom. The summed E-state index contributed by atoms with van der Waals surface area (Å²) in [6, 6.07) is 12.5. The van der Waals surface area contributed by atoms with E-state index in [0.29, 0.717) is 11.5 Å². The van der Waals surface area contributed by atoms with Crippen LogP contribution in [0.5, 0.6) is 0 Å². The molecule has 0 aliphatic carbocycles. The summed E-state index contributed by atoms with van der Waals surface area (Å²) in [5.41, 5.74) is 2.76. The molecule has 0 radical (unpaired) electrons. The molecule has 154 valence electrons. The highest BCUT2D eigenvalue weighted by atomic mass is 16.4. The van der Waals surface area contributed by atoms with Crippen molar-refractivity contribution >= 4 is 17.4 Å². The minimum Gasteiger partial charge on any atom is -0.478 e. The van der Waals surface area contributed by atoms with Crippen LogP contribution < -0.4 is 5.32 Å². The number of carbonyl (C=O) groups excluding carboxylic acids is 1. The van der Waals surface area contributed by atoms with Gasteiger partial charge in [0.25, 0.3) is 0 Å². The van der Waals surface area contributed by atoms with Crippen molar-refractivity contribution in [1.29, 1.82) is 0 Å². The van der Waals surface area contributed by atoms with Crippen LogP contribution in [0.25, 0.3) is 0 Å². The minimum atomic E-state index is -1.13. The second-order valence-electron chi connectivity index (χ2n) is 7.72. The van der Waals surface area contributed by atoms with E-state index in [4.69, 9.17) is 0 Å². The number of rotatable bonds is 5. The van der Waals surface area contributed by atoms with Gasteiger partial charge in [-0.1, -0.05) is 30.3 Å². The first-order valence-corrected chi connectivity index (χ1v) is 9.61. The van der Waals surface area contributed by atoms with Crippen LogP contribution in [0, 0.1) is 0 Å². The first-order valence-electron chi connectivity index (χ1n) is 9.61. The van der Waals surface area contributed by atoms with Gasteiger partial charge in [0.05, 0.1) is 17.2 Å². The topological polar surface area (TPSA) is 100 Å². The first-order chi connectivity index (χ1) is 14.4. The molecule has 2 atom stereocenters. The molecule has 3 aromatic rings. The third kappa shape index (κ3) is 3.46. The molecule has 30 heavy (non-hydrogen) atoms. The highest BCUT2D eigenvalue weighted by molar-refractivity contribution is 6.14. The Morgan fingerprint density at radius 1 is 1.20 bits per heavy atom. The molecule has 0 saturated carbocycles. The van der Waals surface area contributed by atoms with Gasteiger partial charge in [-0.3, -0.25) is 9.48 Å². The summed E-state index contributed by atoms with van der Waals surface area (Å²) in [4.78, 5) is 31.7. The average Bonchev–Trinajstić information content (AvgIpc) is 3.13. The van der Waals surface area contributed by atoms with Crippen molar-refractivity contribution in [1.82, 2.24) is 19.7 Å². The Labute approximate surface area is 174 Å². The van der Waals surface area contributed by atoms with Gasteiger partial charge in [0.15, 0.2) is 5.78 Å². The molecule has 0 fully saturated rings. The van der Waals surface area contributed by atoms with Gasteiger partial charge in [0, 0.05) is 19.3 Å². The highest BCUT2D eigenvalue weighted by Crippen LogP contribution is 2.42. The van der Waals surface area contributed by atoms with Gasteiger partial charge in [0.1, 0.15) is 18.1 Å². The number of carbonyl (C=O) groups is 2. The molecule has 2 heterocycles. The molecular formula is C22H23N5O3. The number of Topliss-reactive ketones (excluding diaryl/α,β-unsaturated/α-hetero) is 1. The monoisotopic (exact) mass is 405 g/mol. The number of hydrogen-bond donors (Lipinski definition) is 2. The van der Waals surface area contributed by atoms with Crippen molar-refractivity contribution < 1.29 is 14.7 Å². The number of aromatic carboxylic acids is 1. The molecule has 2 N–H and O–H groups in total. The number of aryl methyl sites for hydroxylation is 1. The third-order valence-corrected chi connectivity index (χ3v) is 5.33. The van der Waals surface area contributed by atoms with E-state index in [1.54, 1.807) is 23.9 Å². The van der Waals surface area contributed by atoms with Crippen molar-refractivity contribution in [3.8, 4) is 0 Å². The molecule has 0 saturated heterocycles. The van der Waals surface area contributed by atoms with Crippen molar-refractivity contribution in [3.05, 3.63) is 76.9 Å². The molecule has 0 bridgehead atoms. The largest absolute Gasteiger partial charge is 0.478 e. The van der Waals surface area contributed by atoms with E-state index in [1.807, 2.05) is 38.4 Å². The van der Waals surface area contributed by atoms with Crippen LogP contribution in [0.2, 0.25) is 0 Å².